The normalized spacial score (nSPS) is 27.7. The first-order valence-electron chi connectivity index (χ1n) is 5.95. The zero-order chi connectivity index (χ0) is 11.1. The molecule has 2 nitrogen and oxygen atoms in total. The van der Waals surface area contributed by atoms with Crippen molar-refractivity contribution in [2.75, 3.05) is 0 Å². The Labute approximate surface area is 92.3 Å². The number of rotatable bonds is 6. The smallest absolute Gasteiger partial charge is 0.0808 e. The monoisotopic (exact) mass is 210 g/mol. The van der Waals surface area contributed by atoms with E-state index >= 15 is 0 Å². The highest BCUT2D eigenvalue weighted by molar-refractivity contribution is 5.08. The first-order chi connectivity index (χ1) is 7.25. The Bertz CT molecular complexity index is 221. The summed E-state index contributed by atoms with van der Waals surface area (Å²) in [6.07, 6.45) is 12.1. The third-order valence-electron chi connectivity index (χ3n) is 2.88. The highest BCUT2D eigenvalue weighted by atomic mass is 16.3. The first kappa shape index (κ1) is 12.5. The lowest BCUT2D eigenvalue weighted by atomic mass is 9.98. The molecule has 0 saturated carbocycles. The molecule has 0 spiro atoms. The second kappa shape index (κ2) is 6.81. The number of allylic oxidation sites excluding steroid dienone is 1. The maximum atomic E-state index is 9.78. The minimum absolute atomic E-state index is 0.104. The number of hydrogen-bond donors (Lipinski definition) is 2. The van der Waals surface area contributed by atoms with Gasteiger partial charge in [0, 0.05) is 5.92 Å². The predicted octanol–water partition coefficient (Wildman–Crippen LogP) is 2.42. The minimum Gasteiger partial charge on any atom is -0.392 e. The molecule has 15 heavy (non-hydrogen) atoms. The van der Waals surface area contributed by atoms with Gasteiger partial charge in [-0.1, -0.05) is 44.1 Å². The Kier molecular flexibility index (Phi) is 5.66. The quantitative estimate of drug-likeness (QED) is 0.522. The van der Waals surface area contributed by atoms with Crippen molar-refractivity contribution in [3.8, 4) is 0 Å². The van der Waals surface area contributed by atoms with Gasteiger partial charge in [0.05, 0.1) is 12.2 Å². The molecular weight excluding hydrogens is 188 g/mol. The van der Waals surface area contributed by atoms with Crippen molar-refractivity contribution < 1.29 is 10.2 Å². The third kappa shape index (κ3) is 4.18. The van der Waals surface area contributed by atoms with Crippen LogP contribution in [-0.2, 0) is 0 Å². The van der Waals surface area contributed by atoms with Crippen molar-refractivity contribution in [2.24, 2.45) is 5.92 Å². The molecule has 0 bridgehead atoms. The van der Waals surface area contributed by atoms with Crippen molar-refractivity contribution in [2.45, 2.75) is 51.2 Å². The number of aliphatic hydroxyl groups excluding tert-OH is 2. The molecule has 2 heteroatoms. The highest BCUT2D eigenvalue weighted by Gasteiger charge is 2.25. The number of unbranched alkanes of at least 4 members (excludes halogenated alkanes) is 3. The zero-order valence-electron chi connectivity index (χ0n) is 9.47. The lowest BCUT2D eigenvalue weighted by Gasteiger charge is -2.17. The lowest BCUT2D eigenvalue weighted by Crippen LogP contribution is -2.25. The van der Waals surface area contributed by atoms with E-state index in [1.807, 2.05) is 24.3 Å². The van der Waals surface area contributed by atoms with Crippen molar-refractivity contribution in [3.63, 3.8) is 0 Å². The molecule has 0 heterocycles. The fourth-order valence-corrected chi connectivity index (χ4v) is 1.88. The van der Waals surface area contributed by atoms with Gasteiger partial charge in [0.2, 0.25) is 0 Å². The molecule has 0 aliphatic heterocycles. The van der Waals surface area contributed by atoms with E-state index in [1.54, 1.807) is 0 Å². The molecule has 1 rings (SSSR count). The van der Waals surface area contributed by atoms with Crippen LogP contribution < -0.4 is 0 Å². The molecule has 1 aliphatic rings. The maximum Gasteiger partial charge on any atom is 0.0808 e. The van der Waals surface area contributed by atoms with E-state index < -0.39 is 12.2 Å². The molecule has 0 radical (unpaired) electrons. The van der Waals surface area contributed by atoms with Crippen LogP contribution in [0.25, 0.3) is 0 Å². The average Bonchev–Trinajstić information content (AvgIpc) is 2.64. The van der Waals surface area contributed by atoms with E-state index in [2.05, 4.69) is 6.92 Å². The summed E-state index contributed by atoms with van der Waals surface area (Å²) in [5.74, 6) is -0.104. The molecule has 3 atom stereocenters. The summed E-state index contributed by atoms with van der Waals surface area (Å²) in [5, 5.41) is 19.3. The van der Waals surface area contributed by atoms with Gasteiger partial charge < -0.3 is 10.2 Å². The van der Waals surface area contributed by atoms with E-state index in [9.17, 15) is 10.2 Å². The third-order valence-corrected chi connectivity index (χ3v) is 2.88. The molecule has 0 aromatic carbocycles. The summed E-state index contributed by atoms with van der Waals surface area (Å²) < 4.78 is 0. The SMILES string of the molecule is CCCCC/C=C/C(O)[C@@H]1C=CC[C@H]1O. The van der Waals surface area contributed by atoms with Crippen LogP contribution in [0, 0.1) is 5.92 Å². The van der Waals surface area contributed by atoms with Gasteiger partial charge in [-0.2, -0.15) is 0 Å². The molecule has 0 saturated heterocycles. The zero-order valence-corrected chi connectivity index (χ0v) is 9.47. The van der Waals surface area contributed by atoms with Gasteiger partial charge in [0.25, 0.3) is 0 Å². The van der Waals surface area contributed by atoms with Crippen LogP contribution in [0.4, 0.5) is 0 Å². The fraction of sp³-hybridized carbons (Fsp3) is 0.692. The van der Waals surface area contributed by atoms with Crippen LogP contribution in [0.15, 0.2) is 24.3 Å². The minimum atomic E-state index is -0.527. The highest BCUT2D eigenvalue weighted by Crippen LogP contribution is 2.22. The molecule has 2 N–H and O–H groups in total. The Morgan fingerprint density at radius 1 is 1.47 bits per heavy atom. The summed E-state index contributed by atoms with van der Waals surface area (Å²) in [6.45, 7) is 2.18. The van der Waals surface area contributed by atoms with Gasteiger partial charge in [0.1, 0.15) is 0 Å². The largest absolute Gasteiger partial charge is 0.392 e. The van der Waals surface area contributed by atoms with Gasteiger partial charge in [-0.05, 0) is 19.3 Å². The summed E-state index contributed by atoms with van der Waals surface area (Å²) >= 11 is 0. The van der Waals surface area contributed by atoms with Crippen LogP contribution in [-0.4, -0.2) is 22.4 Å². The Hall–Kier alpha value is -0.600. The second-order valence-corrected chi connectivity index (χ2v) is 4.22. The maximum absolute atomic E-state index is 9.78. The van der Waals surface area contributed by atoms with Crippen molar-refractivity contribution in [1.29, 1.82) is 0 Å². The average molecular weight is 210 g/mol. The number of aliphatic hydroxyl groups is 2. The second-order valence-electron chi connectivity index (χ2n) is 4.22. The van der Waals surface area contributed by atoms with Gasteiger partial charge in [-0.15, -0.1) is 0 Å². The Balaban J connectivity index is 2.22. The molecule has 0 fully saturated rings. The molecule has 1 aliphatic carbocycles. The van der Waals surface area contributed by atoms with E-state index in [1.165, 1.54) is 19.3 Å². The van der Waals surface area contributed by atoms with Crippen LogP contribution in [0.1, 0.15) is 39.0 Å². The van der Waals surface area contributed by atoms with Crippen LogP contribution in [0.3, 0.4) is 0 Å². The molecule has 1 unspecified atom stereocenters. The molecule has 0 aromatic heterocycles. The first-order valence-corrected chi connectivity index (χ1v) is 5.95. The summed E-state index contributed by atoms with van der Waals surface area (Å²) in [7, 11) is 0. The van der Waals surface area contributed by atoms with Gasteiger partial charge in [-0.25, -0.2) is 0 Å². The Morgan fingerprint density at radius 2 is 2.27 bits per heavy atom. The van der Waals surface area contributed by atoms with Gasteiger partial charge in [0.15, 0.2) is 0 Å². The van der Waals surface area contributed by atoms with Gasteiger partial charge >= 0.3 is 0 Å². The summed E-state index contributed by atoms with van der Waals surface area (Å²) in [4.78, 5) is 0. The van der Waals surface area contributed by atoms with Gasteiger partial charge in [-0.3, -0.25) is 0 Å². The standard InChI is InChI=1S/C13H22O2/c1-2-3-4-5-6-9-12(14)11-8-7-10-13(11)15/h6-9,11-15H,2-5,10H2,1H3/b9-6+/t11-,12?,13+/m0/s1. The van der Waals surface area contributed by atoms with Crippen LogP contribution >= 0.6 is 0 Å². The lowest BCUT2D eigenvalue weighted by molar-refractivity contribution is 0.0707. The van der Waals surface area contributed by atoms with Crippen LogP contribution in [0.2, 0.25) is 0 Å². The summed E-state index contributed by atoms with van der Waals surface area (Å²) in [6, 6.07) is 0. The van der Waals surface area contributed by atoms with E-state index in [4.69, 9.17) is 0 Å². The number of hydrogen-bond acceptors (Lipinski definition) is 2. The predicted molar refractivity (Wildman–Crippen MR) is 62.5 cm³/mol. The van der Waals surface area contributed by atoms with Crippen molar-refractivity contribution in [3.05, 3.63) is 24.3 Å². The van der Waals surface area contributed by atoms with E-state index in [0.29, 0.717) is 6.42 Å². The summed E-state index contributed by atoms with van der Waals surface area (Å²) in [5.41, 5.74) is 0. The van der Waals surface area contributed by atoms with Crippen molar-refractivity contribution in [1.82, 2.24) is 0 Å². The Morgan fingerprint density at radius 3 is 2.87 bits per heavy atom. The van der Waals surface area contributed by atoms with Crippen molar-refractivity contribution >= 4 is 0 Å². The van der Waals surface area contributed by atoms with E-state index in [-0.39, 0.29) is 5.92 Å². The molecular formula is C13H22O2. The molecule has 0 amide bonds. The molecule has 86 valence electrons. The van der Waals surface area contributed by atoms with Crippen LogP contribution in [0.5, 0.6) is 0 Å². The molecule has 0 aromatic rings. The topological polar surface area (TPSA) is 40.5 Å². The van der Waals surface area contributed by atoms with E-state index in [0.717, 1.165) is 6.42 Å². The fourth-order valence-electron chi connectivity index (χ4n) is 1.88.